The molecule has 11 heteroatoms. The molecule has 3 aromatic carbocycles. The maximum atomic E-state index is 15.6. The summed E-state index contributed by atoms with van der Waals surface area (Å²) in [6, 6.07) is 13.2. The Morgan fingerprint density at radius 2 is 1.79 bits per heavy atom. The first-order valence-corrected chi connectivity index (χ1v) is 13.8. The number of nitrogens with zero attached hydrogens (tertiary/aromatic N) is 2. The van der Waals surface area contributed by atoms with Crippen LogP contribution in [0.25, 0.3) is 11.1 Å². The molecule has 2 heterocycles. The molecule has 1 aliphatic heterocycles. The number of methoxy groups -OCH3 is 1. The van der Waals surface area contributed by atoms with Crippen molar-refractivity contribution in [2.24, 2.45) is 5.16 Å². The van der Waals surface area contributed by atoms with Crippen LogP contribution in [0.1, 0.15) is 39.4 Å². The van der Waals surface area contributed by atoms with Crippen molar-refractivity contribution < 1.29 is 31.9 Å². The number of rotatable bonds is 6. The lowest BCUT2D eigenvalue weighted by Crippen LogP contribution is -2.32. The first-order valence-electron chi connectivity index (χ1n) is 12.8. The van der Waals surface area contributed by atoms with Crippen molar-refractivity contribution in [3.05, 3.63) is 116 Å². The van der Waals surface area contributed by atoms with Gasteiger partial charge in [0.15, 0.2) is 11.6 Å². The summed E-state index contributed by atoms with van der Waals surface area (Å²) in [5.74, 6) is -1.82. The highest BCUT2D eigenvalue weighted by Gasteiger charge is 2.38. The minimum Gasteiger partial charge on any atom is -0.494 e. The third-order valence-corrected chi connectivity index (χ3v) is 8.59. The number of halogens is 5. The molecule has 218 valence electrons. The molecule has 0 saturated heterocycles. The maximum Gasteiger partial charge on any atom is 0.416 e. The topological polar surface area (TPSA) is 63.8 Å². The lowest BCUT2D eigenvalue weighted by atomic mass is 9.92. The molecule has 0 saturated carbocycles. The van der Waals surface area contributed by atoms with E-state index < -0.39 is 47.0 Å². The third-order valence-electron chi connectivity index (χ3n) is 7.39. The lowest BCUT2D eigenvalue weighted by Gasteiger charge is -2.22. The summed E-state index contributed by atoms with van der Waals surface area (Å²) in [5.41, 5.74) is -0.591. The fraction of sp³-hybridized carbons (Fsp3) is 0.226. The van der Waals surface area contributed by atoms with Gasteiger partial charge in [0.1, 0.15) is 11.5 Å². The van der Waals surface area contributed by atoms with E-state index >= 15 is 8.78 Å². The average molecular weight is 601 g/mol. The molecule has 0 aliphatic carbocycles. The van der Waals surface area contributed by atoms with Gasteiger partial charge < -0.3 is 9.94 Å². The summed E-state index contributed by atoms with van der Waals surface area (Å²) in [6.45, 7) is 3.36. The molecule has 1 unspecified atom stereocenters. The number of aromatic nitrogens is 1. The van der Waals surface area contributed by atoms with Crippen LogP contribution in [0.4, 0.5) is 22.0 Å². The van der Waals surface area contributed by atoms with E-state index in [0.717, 1.165) is 23.8 Å². The lowest BCUT2D eigenvalue weighted by molar-refractivity contribution is -0.138. The monoisotopic (exact) mass is 600 g/mol. The van der Waals surface area contributed by atoms with Crippen molar-refractivity contribution >= 4 is 17.5 Å². The Balaban J connectivity index is 1.82. The Kier molecular flexibility index (Phi) is 7.89. The van der Waals surface area contributed by atoms with Crippen molar-refractivity contribution in [2.45, 2.75) is 37.5 Å². The number of alkyl halides is 3. The normalized spacial score (nSPS) is 15.1. The highest BCUT2D eigenvalue weighted by atomic mass is 32.2. The highest BCUT2D eigenvalue weighted by Crippen LogP contribution is 2.43. The van der Waals surface area contributed by atoms with Crippen molar-refractivity contribution in [1.82, 2.24) is 4.57 Å². The van der Waals surface area contributed by atoms with E-state index in [1.165, 1.54) is 48.6 Å². The van der Waals surface area contributed by atoms with Crippen LogP contribution < -0.4 is 10.3 Å². The molecule has 0 spiro atoms. The molecular formula is C31H25F5N2O3S. The smallest absolute Gasteiger partial charge is 0.416 e. The van der Waals surface area contributed by atoms with E-state index in [-0.39, 0.29) is 39.5 Å². The number of fused-ring (bicyclic) bond motifs is 1. The summed E-state index contributed by atoms with van der Waals surface area (Å²) in [6.07, 6.45) is -5.35. The molecule has 0 amide bonds. The van der Waals surface area contributed by atoms with Crippen molar-refractivity contribution in [3.63, 3.8) is 0 Å². The van der Waals surface area contributed by atoms with E-state index in [4.69, 9.17) is 4.74 Å². The second kappa shape index (κ2) is 11.3. The number of ether oxygens (including phenoxy) is 1. The number of benzene rings is 3. The largest absolute Gasteiger partial charge is 0.494 e. The summed E-state index contributed by atoms with van der Waals surface area (Å²) in [4.78, 5) is 14.2. The second-order valence-electron chi connectivity index (χ2n) is 9.90. The van der Waals surface area contributed by atoms with Gasteiger partial charge in [0.05, 0.1) is 29.3 Å². The molecule has 42 heavy (non-hydrogen) atoms. The molecule has 4 aromatic rings. The average Bonchev–Trinajstić information content (AvgIpc) is 3.37. The van der Waals surface area contributed by atoms with Gasteiger partial charge in [-0.2, -0.15) is 13.2 Å². The van der Waals surface area contributed by atoms with E-state index in [2.05, 4.69) is 5.16 Å². The van der Waals surface area contributed by atoms with Crippen molar-refractivity contribution in [1.29, 1.82) is 0 Å². The Bertz CT molecular complexity index is 1780. The van der Waals surface area contributed by atoms with Gasteiger partial charge in [0, 0.05) is 28.9 Å². The molecule has 1 aliphatic rings. The van der Waals surface area contributed by atoms with Crippen molar-refractivity contribution in [3.8, 4) is 16.9 Å². The number of aryl methyl sites for hydroxylation is 1. The maximum absolute atomic E-state index is 15.6. The minimum atomic E-state index is -4.83. The summed E-state index contributed by atoms with van der Waals surface area (Å²) in [7, 11) is 1.27. The first kappa shape index (κ1) is 29.4. The van der Waals surface area contributed by atoms with E-state index in [0.29, 0.717) is 10.6 Å². The third kappa shape index (κ3) is 5.06. The minimum absolute atomic E-state index is 0.107. The molecular weight excluding hydrogens is 575 g/mol. The highest BCUT2D eigenvalue weighted by molar-refractivity contribution is 7.99. The van der Waals surface area contributed by atoms with Gasteiger partial charge in [-0.25, -0.2) is 8.78 Å². The molecule has 5 nitrogen and oxygen atoms in total. The zero-order valence-corrected chi connectivity index (χ0v) is 23.5. The quantitative estimate of drug-likeness (QED) is 0.107. The first-order chi connectivity index (χ1) is 20.0. The SMILES string of the molecule is COc1cccc(-c2c(C)c(Cc3c(F)cccc3C(F)(F)F)c3n(c2=O)C(/C(=N/O)c2cccc(C)c2)CS3)c1F. The van der Waals surface area contributed by atoms with E-state index in [1.54, 1.807) is 18.2 Å². The number of thioether (sulfide) groups is 1. The number of pyridine rings is 1. The van der Waals surface area contributed by atoms with Crippen LogP contribution in [0, 0.1) is 25.5 Å². The van der Waals surface area contributed by atoms with Gasteiger partial charge in [-0.1, -0.05) is 53.2 Å². The molecule has 0 bridgehead atoms. The van der Waals surface area contributed by atoms with Crippen LogP contribution in [0.3, 0.4) is 0 Å². The summed E-state index contributed by atoms with van der Waals surface area (Å²) in [5, 5.41) is 13.9. The Hall–Kier alpha value is -4.12. The predicted octanol–water partition coefficient (Wildman–Crippen LogP) is 7.55. The molecule has 1 atom stereocenters. The molecule has 0 fully saturated rings. The number of hydrogen-bond acceptors (Lipinski definition) is 5. The van der Waals surface area contributed by atoms with Crippen LogP contribution in [0.15, 0.2) is 75.6 Å². The van der Waals surface area contributed by atoms with Crippen LogP contribution in [-0.2, 0) is 12.6 Å². The Morgan fingerprint density at radius 3 is 2.45 bits per heavy atom. The van der Waals surface area contributed by atoms with Crippen LogP contribution in [-0.4, -0.2) is 28.3 Å². The van der Waals surface area contributed by atoms with Crippen molar-refractivity contribution in [2.75, 3.05) is 12.9 Å². The fourth-order valence-corrected chi connectivity index (χ4v) is 6.76. The molecule has 5 rings (SSSR count). The zero-order chi connectivity index (χ0) is 30.3. The molecule has 0 radical (unpaired) electrons. The second-order valence-corrected chi connectivity index (χ2v) is 10.9. The fourth-order valence-electron chi connectivity index (χ4n) is 5.39. The molecule has 1 N–H and O–H groups in total. The summed E-state index contributed by atoms with van der Waals surface area (Å²) < 4.78 is 78.9. The number of oxime groups is 1. The van der Waals surface area contributed by atoms with Gasteiger partial charge in [0.2, 0.25) is 0 Å². The summed E-state index contributed by atoms with van der Waals surface area (Å²) >= 11 is 1.18. The van der Waals surface area contributed by atoms with Crippen LogP contribution in [0.2, 0.25) is 0 Å². The van der Waals surface area contributed by atoms with Gasteiger partial charge in [-0.05, 0) is 43.2 Å². The number of hydrogen-bond donors (Lipinski definition) is 1. The van der Waals surface area contributed by atoms with Crippen LogP contribution >= 0.6 is 11.8 Å². The van der Waals surface area contributed by atoms with E-state index in [9.17, 15) is 23.2 Å². The zero-order valence-electron chi connectivity index (χ0n) is 22.7. The predicted molar refractivity (Wildman–Crippen MR) is 151 cm³/mol. The van der Waals surface area contributed by atoms with E-state index in [1.807, 2.05) is 13.0 Å². The van der Waals surface area contributed by atoms with Gasteiger partial charge in [-0.15, -0.1) is 11.8 Å². The Labute approximate surface area is 242 Å². The van der Waals surface area contributed by atoms with Gasteiger partial charge in [-0.3, -0.25) is 9.36 Å². The Morgan fingerprint density at radius 1 is 1.07 bits per heavy atom. The van der Waals surface area contributed by atoms with Crippen LogP contribution in [0.5, 0.6) is 5.75 Å². The van der Waals surface area contributed by atoms with Gasteiger partial charge >= 0.3 is 6.18 Å². The van der Waals surface area contributed by atoms with Gasteiger partial charge in [0.25, 0.3) is 5.56 Å². The molecule has 1 aromatic heterocycles. The standard InChI is InChI=1S/C31H25F5N2O3S/c1-16-7-4-8-18(13-16)28(37-40)24-15-42-30-20(14-21-22(31(34,35)36)10-6-11-23(21)32)17(2)26(29(39)38(24)30)19-9-5-12-25(41-3)27(19)33/h4-13,24,40H,14-15H2,1-3H3/b37-28+.